The molecular weight excluding hydrogens is 288 g/mol. The predicted octanol–water partition coefficient (Wildman–Crippen LogP) is 2.46. The minimum absolute atomic E-state index is 0.136. The molecule has 0 aliphatic carbocycles. The van der Waals surface area contributed by atoms with E-state index >= 15 is 0 Å². The monoisotopic (exact) mass is 300 g/mol. The van der Waals surface area contributed by atoms with E-state index in [9.17, 15) is 4.79 Å². The molecule has 0 spiro atoms. The van der Waals surface area contributed by atoms with Crippen molar-refractivity contribution < 1.29 is 19.4 Å². The van der Waals surface area contributed by atoms with Gasteiger partial charge in [0.05, 0.1) is 10.6 Å². The highest BCUT2D eigenvalue weighted by atomic mass is 79.9. The van der Waals surface area contributed by atoms with Gasteiger partial charge in [0.1, 0.15) is 12.4 Å². The molecule has 92 valence electrons. The van der Waals surface area contributed by atoms with Crippen LogP contribution in [0.4, 0.5) is 0 Å². The van der Waals surface area contributed by atoms with Crippen molar-refractivity contribution in [1.82, 2.24) is 0 Å². The molecule has 0 aromatic heterocycles. The molecule has 1 aromatic rings. The molecule has 0 saturated carbocycles. The molecule has 2 unspecified atom stereocenters. The first-order valence-electron chi connectivity index (χ1n) is 5.42. The first-order chi connectivity index (χ1) is 8.16. The van der Waals surface area contributed by atoms with Crippen LogP contribution in [0.25, 0.3) is 0 Å². The summed E-state index contributed by atoms with van der Waals surface area (Å²) in [5.41, 5.74) is 0. The molecule has 1 N–H and O–H groups in total. The zero-order valence-corrected chi connectivity index (χ0v) is 10.7. The zero-order valence-electron chi connectivity index (χ0n) is 9.14. The van der Waals surface area contributed by atoms with Crippen LogP contribution < -0.4 is 4.74 Å². The van der Waals surface area contributed by atoms with E-state index in [4.69, 9.17) is 14.6 Å². The lowest BCUT2D eigenvalue weighted by Gasteiger charge is -2.13. The van der Waals surface area contributed by atoms with E-state index in [0.717, 1.165) is 16.6 Å². The SMILES string of the molecule is O=C(O)C1CCC(COc2ccccc2Br)O1. The Balaban J connectivity index is 1.84. The number of ether oxygens (including phenoxy) is 2. The van der Waals surface area contributed by atoms with Gasteiger partial charge in [0, 0.05) is 0 Å². The summed E-state index contributed by atoms with van der Waals surface area (Å²) >= 11 is 3.38. The molecular formula is C12H13BrO4. The van der Waals surface area contributed by atoms with E-state index in [2.05, 4.69) is 15.9 Å². The highest BCUT2D eigenvalue weighted by molar-refractivity contribution is 9.10. The van der Waals surface area contributed by atoms with Gasteiger partial charge in [-0.1, -0.05) is 12.1 Å². The van der Waals surface area contributed by atoms with Crippen LogP contribution in [0.1, 0.15) is 12.8 Å². The van der Waals surface area contributed by atoms with E-state index in [1.54, 1.807) is 0 Å². The highest BCUT2D eigenvalue weighted by Crippen LogP contribution is 2.26. The summed E-state index contributed by atoms with van der Waals surface area (Å²) in [5, 5.41) is 8.79. The number of halogens is 1. The summed E-state index contributed by atoms with van der Waals surface area (Å²) in [6.45, 7) is 0.381. The van der Waals surface area contributed by atoms with Crippen molar-refractivity contribution in [1.29, 1.82) is 0 Å². The molecule has 1 heterocycles. The predicted molar refractivity (Wildman–Crippen MR) is 65.2 cm³/mol. The van der Waals surface area contributed by atoms with Gasteiger partial charge in [0.25, 0.3) is 0 Å². The van der Waals surface area contributed by atoms with Gasteiger partial charge < -0.3 is 14.6 Å². The van der Waals surface area contributed by atoms with Gasteiger partial charge in [0.15, 0.2) is 6.10 Å². The van der Waals surface area contributed by atoms with Crippen molar-refractivity contribution in [3.8, 4) is 5.75 Å². The molecule has 1 aromatic carbocycles. The number of hydrogen-bond acceptors (Lipinski definition) is 3. The van der Waals surface area contributed by atoms with Crippen LogP contribution in [0.15, 0.2) is 28.7 Å². The third kappa shape index (κ3) is 3.20. The Kier molecular flexibility index (Phi) is 4.02. The molecule has 0 radical (unpaired) electrons. The Labute approximate surface area is 108 Å². The number of benzene rings is 1. The molecule has 0 bridgehead atoms. The van der Waals surface area contributed by atoms with Gasteiger partial charge in [-0.3, -0.25) is 0 Å². The van der Waals surface area contributed by atoms with Crippen molar-refractivity contribution in [3.63, 3.8) is 0 Å². The van der Waals surface area contributed by atoms with Crippen LogP contribution in [0.2, 0.25) is 0 Å². The van der Waals surface area contributed by atoms with E-state index in [-0.39, 0.29) is 6.10 Å². The standard InChI is InChI=1S/C12H13BrO4/c13-9-3-1-2-4-10(9)16-7-8-5-6-11(17-8)12(14)15/h1-4,8,11H,5-7H2,(H,14,15). The van der Waals surface area contributed by atoms with Gasteiger partial charge in [-0.05, 0) is 40.9 Å². The number of carboxylic acids is 1. The van der Waals surface area contributed by atoms with Gasteiger partial charge >= 0.3 is 5.97 Å². The topological polar surface area (TPSA) is 55.8 Å². The summed E-state index contributed by atoms with van der Waals surface area (Å²) in [4.78, 5) is 10.7. The number of rotatable bonds is 4. The third-order valence-electron chi connectivity index (χ3n) is 2.64. The average Bonchev–Trinajstić information content (AvgIpc) is 2.77. The summed E-state index contributed by atoms with van der Waals surface area (Å²) < 4.78 is 11.8. The third-order valence-corrected chi connectivity index (χ3v) is 3.30. The molecule has 1 saturated heterocycles. The van der Waals surface area contributed by atoms with Crippen molar-refractivity contribution in [2.75, 3.05) is 6.61 Å². The van der Waals surface area contributed by atoms with Crippen LogP contribution in [0.3, 0.4) is 0 Å². The molecule has 2 rings (SSSR count). The Morgan fingerprint density at radius 3 is 2.88 bits per heavy atom. The van der Waals surface area contributed by atoms with E-state index in [1.165, 1.54) is 0 Å². The Hall–Kier alpha value is -1.07. The molecule has 1 aliphatic rings. The number of carbonyl (C=O) groups is 1. The van der Waals surface area contributed by atoms with Crippen LogP contribution in [0.5, 0.6) is 5.75 Å². The van der Waals surface area contributed by atoms with E-state index in [1.807, 2.05) is 24.3 Å². The van der Waals surface area contributed by atoms with Crippen LogP contribution in [0, 0.1) is 0 Å². The van der Waals surface area contributed by atoms with Crippen molar-refractivity contribution in [2.24, 2.45) is 0 Å². The lowest BCUT2D eigenvalue weighted by Crippen LogP contribution is -2.23. The Morgan fingerprint density at radius 2 is 2.24 bits per heavy atom. The zero-order chi connectivity index (χ0) is 12.3. The number of carboxylic acid groups (broad SMARTS) is 1. The van der Waals surface area contributed by atoms with Gasteiger partial charge in [-0.25, -0.2) is 4.79 Å². The lowest BCUT2D eigenvalue weighted by atomic mass is 10.2. The largest absolute Gasteiger partial charge is 0.490 e. The van der Waals surface area contributed by atoms with Crippen LogP contribution in [-0.2, 0) is 9.53 Å². The minimum atomic E-state index is -0.895. The molecule has 4 nitrogen and oxygen atoms in total. The van der Waals surface area contributed by atoms with Crippen molar-refractivity contribution in [3.05, 3.63) is 28.7 Å². The fourth-order valence-electron chi connectivity index (χ4n) is 1.75. The first kappa shape index (κ1) is 12.4. The number of aliphatic carboxylic acids is 1. The second-order valence-corrected chi connectivity index (χ2v) is 4.76. The summed E-state index contributed by atoms with van der Waals surface area (Å²) in [6.07, 6.45) is 0.465. The lowest BCUT2D eigenvalue weighted by molar-refractivity contribution is -0.149. The normalized spacial score (nSPS) is 23.6. The fraction of sp³-hybridized carbons (Fsp3) is 0.417. The summed E-state index contributed by atoms with van der Waals surface area (Å²) in [5.74, 6) is -0.150. The Morgan fingerprint density at radius 1 is 1.47 bits per heavy atom. The summed E-state index contributed by atoms with van der Waals surface area (Å²) in [7, 11) is 0. The molecule has 17 heavy (non-hydrogen) atoms. The Bertz CT molecular complexity index is 407. The maximum atomic E-state index is 10.7. The first-order valence-corrected chi connectivity index (χ1v) is 6.21. The second-order valence-electron chi connectivity index (χ2n) is 3.90. The van der Waals surface area contributed by atoms with E-state index in [0.29, 0.717) is 13.0 Å². The fourth-order valence-corrected chi connectivity index (χ4v) is 2.15. The second kappa shape index (κ2) is 5.51. The maximum Gasteiger partial charge on any atom is 0.332 e. The molecule has 5 heteroatoms. The summed E-state index contributed by atoms with van der Waals surface area (Å²) in [6, 6.07) is 7.54. The van der Waals surface area contributed by atoms with Crippen molar-refractivity contribution >= 4 is 21.9 Å². The van der Waals surface area contributed by atoms with Gasteiger partial charge in [-0.15, -0.1) is 0 Å². The maximum absolute atomic E-state index is 10.7. The number of para-hydroxylation sites is 1. The molecule has 2 atom stereocenters. The van der Waals surface area contributed by atoms with Gasteiger partial charge in [0.2, 0.25) is 0 Å². The smallest absolute Gasteiger partial charge is 0.332 e. The van der Waals surface area contributed by atoms with Crippen molar-refractivity contribution in [2.45, 2.75) is 25.0 Å². The average molecular weight is 301 g/mol. The molecule has 1 fully saturated rings. The molecule has 0 amide bonds. The van der Waals surface area contributed by atoms with Crippen LogP contribution >= 0.6 is 15.9 Å². The quantitative estimate of drug-likeness (QED) is 0.928. The minimum Gasteiger partial charge on any atom is -0.490 e. The van der Waals surface area contributed by atoms with Gasteiger partial charge in [-0.2, -0.15) is 0 Å². The molecule has 1 aliphatic heterocycles. The number of hydrogen-bond donors (Lipinski definition) is 1. The van der Waals surface area contributed by atoms with Crippen LogP contribution in [-0.4, -0.2) is 29.9 Å². The highest BCUT2D eigenvalue weighted by Gasteiger charge is 2.30. The van der Waals surface area contributed by atoms with E-state index < -0.39 is 12.1 Å².